The van der Waals surface area contributed by atoms with Crippen LogP contribution >= 0.6 is 0 Å². The van der Waals surface area contributed by atoms with E-state index in [1.165, 1.54) is 67.7 Å². The molecule has 0 nitrogen and oxygen atoms in total. The Morgan fingerprint density at radius 2 is 1.09 bits per heavy atom. The van der Waals surface area contributed by atoms with Gasteiger partial charge >= 0.3 is 112 Å². The molecule has 0 aromatic heterocycles. The predicted molar refractivity (Wildman–Crippen MR) is 181 cm³/mol. The van der Waals surface area contributed by atoms with Gasteiger partial charge < -0.3 is 24.8 Å². The van der Waals surface area contributed by atoms with Crippen molar-refractivity contribution >= 4 is 24.8 Å². The number of hydrogen-bond donors (Lipinski definition) is 0. The standard InChI is InChI=1S/C21H25.C15H14.C5H5.2ClH.Hf/c1-20(2,3)16-7-9-18-14(12-16)11-15-13-17(21(4,5)6)8-10-19(15)18;1-3-8-14(9-4-1)12-7-13-15-10-5-2-6-11-15;1-2-4-5-3-1;;;/h7-13H,1-6H3;1-6,8-11H,12-13H2;1-3H,4H2;2*1H;/q-1;;-1;;;+2/p-2. The van der Waals surface area contributed by atoms with Crippen molar-refractivity contribution < 1.29 is 48.7 Å². The number of rotatable bonds is 4. The molecule has 6 rings (SSSR count). The number of hydrogen-bond acceptors (Lipinski definition) is 0. The average Bonchev–Trinajstić information content (AvgIpc) is 3.65. The van der Waals surface area contributed by atoms with Gasteiger partial charge in [-0.1, -0.05) is 76.9 Å². The van der Waals surface area contributed by atoms with Crippen molar-refractivity contribution in [3.8, 4) is 0 Å². The minimum absolute atomic E-state index is 0. The van der Waals surface area contributed by atoms with Crippen molar-refractivity contribution in [2.24, 2.45) is 0 Å². The third-order valence-electron chi connectivity index (χ3n) is 7.54. The third-order valence-corrected chi connectivity index (χ3v) is 8.81. The van der Waals surface area contributed by atoms with Gasteiger partial charge in [0.15, 0.2) is 0 Å². The number of benzene rings is 4. The topological polar surface area (TPSA) is 0 Å². The van der Waals surface area contributed by atoms with E-state index in [4.69, 9.17) is 0 Å². The molecule has 0 radical (unpaired) electrons. The van der Waals surface area contributed by atoms with Gasteiger partial charge in [0.25, 0.3) is 0 Å². The van der Waals surface area contributed by atoms with E-state index in [0.717, 1.165) is 19.3 Å². The van der Waals surface area contributed by atoms with Crippen molar-refractivity contribution in [3.63, 3.8) is 0 Å². The van der Waals surface area contributed by atoms with Gasteiger partial charge in [-0.15, -0.1) is 46.2 Å². The zero-order valence-corrected chi connectivity index (χ0v) is 32.0. The second-order valence-electron chi connectivity index (χ2n) is 13.2. The van der Waals surface area contributed by atoms with E-state index in [9.17, 15) is 0 Å². The molecule has 1 aliphatic rings. The molecule has 0 amide bonds. The van der Waals surface area contributed by atoms with Gasteiger partial charge in [0.05, 0.1) is 0 Å². The molecular formula is C41H44Cl2Hf-2. The van der Waals surface area contributed by atoms with Crippen LogP contribution in [0.25, 0.3) is 21.5 Å². The summed E-state index contributed by atoms with van der Waals surface area (Å²) >= 11 is 1.18. The molecule has 0 fully saturated rings. The fraction of sp³-hybridized carbons (Fsp3) is 0.268. The zero-order valence-electron chi connectivity index (χ0n) is 26.9. The molecule has 0 unspecified atom stereocenters. The van der Waals surface area contributed by atoms with Crippen LogP contribution in [0.5, 0.6) is 0 Å². The van der Waals surface area contributed by atoms with E-state index >= 15 is 0 Å². The molecule has 0 atom stereocenters. The first-order valence-corrected chi connectivity index (χ1v) is 16.8. The van der Waals surface area contributed by atoms with Crippen molar-refractivity contribution in [2.45, 2.75) is 71.6 Å². The van der Waals surface area contributed by atoms with E-state index in [1.807, 2.05) is 12.2 Å². The Morgan fingerprint density at radius 3 is 1.41 bits per heavy atom. The molecule has 5 aromatic carbocycles. The minimum atomic E-state index is 0. The van der Waals surface area contributed by atoms with Crippen molar-refractivity contribution in [1.29, 1.82) is 0 Å². The van der Waals surface area contributed by atoms with Gasteiger partial charge in [-0.3, -0.25) is 6.08 Å². The van der Waals surface area contributed by atoms with E-state index in [2.05, 4.69) is 157 Å². The van der Waals surface area contributed by atoms with Gasteiger partial charge in [0, 0.05) is 0 Å². The van der Waals surface area contributed by atoms with E-state index < -0.39 is 0 Å². The summed E-state index contributed by atoms with van der Waals surface area (Å²) in [7, 11) is 0. The van der Waals surface area contributed by atoms with Gasteiger partial charge in [0.2, 0.25) is 0 Å². The first kappa shape index (κ1) is 37.7. The molecule has 0 saturated carbocycles. The normalized spacial score (nSPS) is 12.0. The molecule has 0 saturated heterocycles. The van der Waals surface area contributed by atoms with Crippen molar-refractivity contribution in [1.82, 2.24) is 0 Å². The molecule has 5 aromatic rings. The summed E-state index contributed by atoms with van der Waals surface area (Å²) in [5, 5.41) is 5.48. The van der Waals surface area contributed by atoms with E-state index in [0.29, 0.717) is 0 Å². The van der Waals surface area contributed by atoms with Crippen LogP contribution in [-0.4, -0.2) is 3.26 Å². The summed E-state index contributed by atoms with van der Waals surface area (Å²) in [6.07, 6.45) is 12.3. The van der Waals surface area contributed by atoms with Crippen LogP contribution in [0.3, 0.4) is 0 Å². The van der Waals surface area contributed by atoms with E-state index in [1.54, 1.807) is 3.26 Å². The van der Waals surface area contributed by atoms with E-state index in [-0.39, 0.29) is 35.6 Å². The van der Waals surface area contributed by atoms with Gasteiger partial charge in [-0.2, -0.15) is 6.08 Å². The van der Waals surface area contributed by atoms with Crippen molar-refractivity contribution in [3.05, 3.63) is 150 Å². The van der Waals surface area contributed by atoms with Crippen LogP contribution in [0.15, 0.2) is 121 Å². The fourth-order valence-corrected chi connectivity index (χ4v) is 6.51. The van der Waals surface area contributed by atoms with Gasteiger partial charge in [-0.05, 0) is 10.8 Å². The summed E-state index contributed by atoms with van der Waals surface area (Å²) in [4.78, 5) is 0. The summed E-state index contributed by atoms with van der Waals surface area (Å²) in [6.45, 7) is 13.6. The number of fused-ring (bicyclic) bond motifs is 3. The third kappa shape index (κ3) is 11.2. The Bertz CT molecular complexity index is 1540. The Kier molecular flexibility index (Phi) is 14.8. The summed E-state index contributed by atoms with van der Waals surface area (Å²) in [6, 6.07) is 37.6. The fourth-order valence-electron chi connectivity index (χ4n) is 5.04. The number of halogens is 2. The quantitative estimate of drug-likeness (QED) is 0.182. The van der Waals surface area contributed by atoms with Crippen molar-refractivity contribution in [2.75, 3.05) is 0 Å². The SMILES string of the molecule is CC(C)(C)c1ccc2c(c1)[cH-]c1cc(C(C)(C)C)ccc12.[C-]1=CC=CC1.[Cl-].[Cl-].[Hf+2]=[C](Cc1ccccc1)Cc1ccccc1. The second-order valence-corrected chi connectivity index (χ2v) is 15.7. The Hall–Kier alpha value is -2.45. The molecule has 44 heavy (non-hydrogen) atoms. The zero-order chi connectivity index (χ0) is 30.2. The molecule has 0 bridgehead atoms. The second kappa shape index (κ2) is 17.3. The summed E-state index contributed by atoms with van der Waals surface area (Å²) < 4.78 is 1.65. The van der Waals surface area contributed by atoms with Crippen LogP contribution in [0.2, 0.25) is 0 Å². The molecule has 0 heterocycles. The first-order chi connectivity index (χ1) is 20.0. The van der Waals surface area contributed by atoms with Crippen LogP contribution in [0.4, 0.5) is 0 Å². The summed E-state index contributed by atoms with van der Waals surface area (Å²) in [5.74, 6) is 0. The Morgan fingerprint density at radius 1 is 0.659 bits per heavy atom. The molecule has 0 aliphatic heterocycles. The molecule has 0 N–H and O–H groups in total. The van der Waals surface area contributed by atoms with Gasteiger partial charge in [0.1, 0.15) is 0 Å². The predicted octanol–water partition coefficient (Wildman–Crippen LogP) is 4.81. The molecule has 228 valence electrons. The molecule has 3 heteroatoms. The molecule has 0 spiro atoms. The molecular weight excluding hydrogens is 742 g/mol. The maximum atomic E-state index is 2.99. The average molecular weight is 786 g/mol. The molecule has 1 aliphatic carbocycles. The van der Waals surface area contributed by atoms with Crippen LogP contribution in [0, 0.1) is 6.08 Å². The van der Waals surface area contributed by atoms with Crippen LogP contribution < -0.4 is 24.8 Å². The van der Waals surface area contributed by atoms with Gasteiger partial charge in [-0.25, -0.2) is 12.2 Å². The first-order valence-electron chi connectivity index (χ1n) is 15.0. The monoisotopic (exact) mass is 786 g/mol. The summed E-state index contributed by atoms with van der Waals surface area (Å²) in [5.41, 5.74) is 6.08. The maximum absolute atomic E-state index is 2.99. The Labute approximate surface area is 292 Å². The Balaban J connectivity index is 0.000000260. The number of allylic oxidation sites excluding steroid dienone is 4. The van der Waals surface area contributed by atoms with Crippen LogP contribution in [-0.2, 0) is 47.6 Å². The van der Waals surface area contributed by atoms with Crippen LogP contribution in [0.1, 0.15) is 70.2 Å².